The number of carbonyl (C=O) groups is 1. The summed E-state index contributed by atoms with van der Waals surface area (Å²) in [5, 5.41) is 3.08. The second kappa shape index (κ2) is 7.48. The molecule has 2 amide bonds. The molecule has 1 saturated heterocycles. The van der Waals surface area contributed by atoms with Gasteiger partial charge in [-0.15, -0.1) is 0 Å². The Morgan fingerprint density at radius 1 is 1.00 bits per heavy atom. The Balaban J connectivity index is 1.31. The fourth-order valence-electron chi connectivity index (χ4n) is 3.60. The third-order valence-electron chi connectivity index (χ3n) is 5.22. The van der Waals surface area contributed by atoms with Crippen molar-refractivity contribution in [2.24, 2.45) is 0 Å². The number of anilines is 1. The number of rotatable bonds is 3. The summed E-state index contributed by atoms with van der Waals surface area (Å²) in [5.74, 6) is 1.63. The molecule has 2 aliphatic rings. The minimum absolute atomic E-state index is 0.0184. The lowest BCUT2D eigenvalue weighted by Crippen LogP contribution is -2.49. The maximum absolute atomic E-state index is 12.6. The highest BCUT2D eigenvalue weighted by Gasteiger charge is 2.22. The summed E-state index contributed by atoms with van der Waals surface area (Å²) < 4.78 is 10.8. The van der Waals surface area contributed by atoms with Crippen LogP contribution >= 0.6 is 0 Å². The van der Waals surface area contributed by atoms with E-state index in [0.717, 1.165) is 61.0 Å². The van der Waals surface area contributed by atoms with Crippen LogP contribution in [0.3, 0.4) is 0 Å². The van der Waals surface area contributed by atoms with Crippen molar-refractivity contribution in [3.8, 4) is 11.5 Å². The lowest BCUT2D eigenvalue weighted by molar-refractivity contribution is 0.143. The molecule has 0 bridgehead atoms. The van der Waals surface area contributed by atoms with Crippen molar-refractivity contribution in [2.75, 3.05) is 38.3 Å². The van der Waals surface area contributed by atoms with Crippen LogP contribution in [0.5, 0.6) is 11.5 Å². The van der Waals surface area contributed by atoms with Crippen LogP contribution in [0.4, 0.5) is 10.5 Å². The Hall–Kier alpha value is -2.73. The molecule has 2 aromatic carbocycles. The number of nitrogens with zero attached hydrogens (tertiary/aromatic N) is 2. The first-order valence-electron chi connectivity index (χ1n) is 9.33. The summed E-state index contributed by atoms with van der Waals surface area (Å²) in [6, 6.07) is 12.1. The predicted octanol–water partition coefficient (Wildman–Crippen LogP) is 3.38. The number of amides is 2. The molecule has 0 aromatic heterocycles. The van der Waals surface area contributed by atoms with Gasteiger partial charge in [-0.05, 0) is 42.7 Å². The molecule has 27 heavy (non-hydrogen) atoms. The van der Waals surface area contributed by atoms with Gasteiger partial charge in [0.1, 0.15) is 0 Å². The summed E-state index contributed by atoms with van der Waals surface area (Å²) >= 11 is 0. The highest BCUT2D eigenvalue weighted by atomic mass is 16.7. The number of urea groups is 1. The first-order valence-corrected chi connectivity index (χ1v) is 9.33. The van der Waals surface area contributed by atoms with Crippen molar-refractivity contribution in [1.82, 2.24) is 9.80 Å². The lowest BCUT2D eigenvalue weighted by Gasteiger charge is -2.35. The van der Waals surface area contributed by atoms with E-state index in [1.54, 1.807) is 0 Å². The molecule has 0 atom stereocenters. The van der Waals surface area contributed by atoms with Gasteiger partial charge in [-0.3, -0.25) is 4.90 Å². The van der Waals surface area contributed by atoms with Gasteiger partial charge in [0, 0.05) is 38.4 Å². The highest BCUT2D eigenvalue weighted by Crippen LogP contribution is 2.32. The van der Waals surface area contributed by atoms with Crippen molar-refractivity contribution < 1.29 is 14.3 Å². The fraction of sp³-hybridized carbons (Fsp3) is 0.381. The Kier molecular flexibility index (Phi) is 4.90. The van der Waals surface area contributed by atoms with Crippen LogP contribution in [0.2, 0.25) is 0 Å². The quantitative estimate of drug-likeness (QED) is 0.904. The van der Waals surface area contributed by atoms with Gasteiger partial charge in [-0.25, -0.2) is 4.79 Å². The first kappa shape index (κ1) is 17.7. The van der Waals surface area contributed by atoms with Gasteiger partial charge in [0.15, 0.2) is 11.5 Å². The number of aryl methyl sites for hydroxylation is 2. The van der Waals surface area contributed by atoms with Crippen LogP contribution in [0.15, 0.2) is 36.4 Å². The Morgan fingerprint density at radius 3 is 2.44 bits per heavy atom. The van der Waals surface area contributed by atoms with E-state index in [2.05, 4.69) is 16.3 Å². The Labute approximate surface area is 159 Å². The van der Waals surface area contributed by atoms with Crippen molar-refractivity contribution in [3.05, 3.63) is 53.1 Å². The van der Waals surface area contributed by atoms with E-state index in [0.29, 0.717) is 6.79 Å². The van der Waals surface area contributed by atoms with Gasteiger partial charge in [-0.1, -0.05) is 24.3 Å². The monoisotopic (exact) mass is 367 g/mol. The smallest absolute Gasteiger partial charge is 0.321 e. The van der Waals surface area contributed by atoms with Gasteiger partial charge in [0.25, 0.3) is 0 Å². The Morgan fingerprint density at radius 2 is 1.70 bits per heavy atom. The maximum Gasteiger partial charge on any atom is 0.321 e. The second-order valence-corrected chi connectivity index (χ2v) is 7.15. The summed E-state index contributed by atoms with van der Waals surface area (Å²) in [7, 11) is 0. The van der Waals surface area contributed by atoms with Crippen LogP contribution < -0.4 is 14.8 Å². The van der Waals surface area contributed by atoms with Gasteiger partial charge < -0.3 is 19.7 Å². The van der Waals surface area contributed by atoms with Crippen LogP contribution in [0.25, 0.3) is 0 Å². The molecular formula is C21H25N3O3. The minimum atomic E-state index is -0.0184. The van der Waals surface area contributed by atoms with Crippen LogP contribution in [-0.4, -0.2) is 48.8 Å². The molecule has 0 unspecified atom stereocenters. The molecule has 4 rings (SSSR count). The predicted molar refractivity (Wildman–Crippen MR) is 104 cm³/mol. The summed E-state index contributed by atoms with van der Waals surface area (Å²) in [5.41, 5.74) is 4.30. The molecule has 0 spiro atoms. The SMILES string of the molecule is Cc1cccc(C)c1NC(=O)N1CCN(Cc2ccc3c(c2)OCO3)CC1. The van der Waals surface area contributed by atoms with Crippen LogP contribution in [0.1, 0.15) is 16.7 Å². The number of fused-ring (bicyclic) bond motifs is 1. The lowest BCUT2D eigenvalue weighted by atomic mass is 10.1. The molecule has 142 valence electrons. The molecule has 6 heteroatoms. The van der Waals surface area contributed by atoms with E-state index in [4.69, 9.17) is 9.47 Å². The van der Waals surface area contributed by atoms with Crippen molar-refractivity contribution >= 4 is 11.7 Å². The first-order chi connectivity index (χ1) is 13.1. The highest BCUT2D eigenvalue weighted by molar-refractivity contribution is 5.91. The number of piperazine rings is 1. The van der Waals surface area contributed by atoms with Crippen LogP contribution in [0, 0.1) is 13.8 Å². The molecule has 2 heterocycles. The molecule has 0 radical (unpaired) electrons. The maximum atomic E-state index is 12.6. The van der Waals surface area contributed by atoms with E-state index >= 15 is 0 Å². The zero-order chi connectivity index (χ0) is 18.8. The fourth-order valence-corrected chi connectivity index (χ4v) is 3.60. The molecule has 2 aromatic rings. The zero-order valence-corrected chi connectivity index (χ0v) is 15.8. The number of hydrogen-bond donors (Lipinski definition) is 1. The number of hydrogen-bond acceptors (Lipinski definition) is 4. The van der Waals surface area contributed by atoms with Gasteiger partial charge in [0.05, 0.1) is 0 Å². The average Bonchev–Trinajstić information content (AvgIpc) is 3.13. The van der Waals surface area contributed by atoms with E-state index < -0.39 is 0 Å². The Bertz CT molecular complexity index is 824. The summed E-state index contributed by atoms with van der Waals surface area (Å²) in [6.07, 6.45) is 0. The van der Waals surface area contributed by atoms with Crippen molar-refractivity contribution in [3.63, 3.8) is 0 Å². The standard InChI is InChI=1S/C21H25N3O3/c1-15-4-3-5-16(2)20(15)22-21(25)24-10-8-23(9-11-24)13-17-6-7-18-19(12-17)27-14-26-18/h3-7,12H,8-11,13-14H2,1-2H3,(H,22,25). The molecular weight excluding hydrogens is 342 g/mol. The molecule has 1 N–H and O–H groups in total. The van der Waals surface area contributed by atoms with Gasteiger partial charge in [0.2, 0.25) is 6.79 Å². The van der Waals surface area contributed by atoms with Gasteiger partial charge >= 0.3 is 6.03 Å². The third kappa shape index (κ3) is 3.85. The van der Waals surface area contributed by atoms with E-state index in [9.17, 15) is 4.79 Å². The number of ether oxygens (including phenoxy) is 2. The van der Waals surface area contributed by atoms with Gasteiger partial charge in [-0.2, -0.15) is 0 Å². The van der Waals surface area contributed by atoms with Crippen molar-refractivity contribution in [2.45, 2.75) is 20.4 Å². The molecule has 6 nitrogen and oxygen atoms in total. The second-order valence-electron chi connectivity index (χ2n) is 7.15. The summed E-state index contributed by atoms with van der Waals surface area (Å²) in [4.78, 5) is 16.9. The normalized spacial score (nSPS) is 16.4. The molecule has 1 fully saturated rings. The molecule has 0 aliphatic carbocycles. The van der Waals surface area contributed by atoms with E-state index in [1.807, 2.05) is 49.1 Å². The van der Waals surface area contributed by atoms with E-state index in [-0.39, 0.29) is 6.03 Å². The molecule has 0 saturated carbocycles. The minimum Gasteiger partial charge on any atom is -0.454 e. The largest absolute Gasteiger partial charge is 0.454 e. The average molecular weight is 367 g/mol. The van der Waals surface area contributed by atoms with E-state index in [1.165, 1.54) is 5.56 Å². The number of carbonyl (C=O) groups excluding carboxylic acids is 1. The number of benzene rings is 2. The number of para-hydroxylation sites is 1. The van der Waals surface area contributed by atoms with Crippen molar-refractivity contribution in [1.29, 1.82) is 0 Å². The topological polar surface area (TPSA) is 54.0 Å². The zero-order valence-electron chi connectivity index (χ0n) is 15.8. The number of nitrogens with one attached hydrogen (secondary N) is 1. The third-order valence-corrected chi connectivity index (χ3v) is 5.22. The summed E-state index contributed by atoms with van der Waals surface area (Å²) in [6.45, 7) is 8.35. The molecule has 2 aliphatic heterocycles. The van der Waals surface area contributed by atoms with Crippen LogP contribution in [-0.2, 0) is 6.54 Å².